The van der Waals surface area contributed by atoms with E-state index in [1.54, 1.807) is 0 Å². The highest BCUT2D eigenvalue weighted by Crippen LogP contribution is 2.36. The number of anilines is 2. The summed E-state index contributed by atoms with van der Waals surface area (Å²) in [4.78, 5) is 15.5. The number of aromatic nitrogens is 3. The van der Waals surface area contributed by atoms with Gasteiger partial charge in [0.25, 0.3) is 0 Å². The molecule has 2 heterocycles. The van der Waals surface area contributed by atoms with Crippen LogP contribution >= 0.6 is 11.8 Å². The minimum atomic E-state index is 0.0451. The molecular formula is C26H24N4OS. The summed E-state index contributed by atoms with van der Waals surface area (Å²) in [5.74, 6) is 1.16. The Morgan fingerprint density at radius 3 is 2.06 bits per heavy atom. The van der Waals surface area contributed by atoms with Crippen molar-refractivity contribution in [2.24, 2.45) is 0 Å². The van der Waals surface area contributed by atoms with Crippen molar-refractivity contribution >= 4 is 29.0 Å². The van der Waals surface area contributed by atoms with Gasteiger partial charge in [-0.25, -0.2) is 0 Å². The molecule has 0 unspecified atom stereocenters. The zero-order valence-electron chi connectivity index (χ0n) is 17.9. The summed E-state index contributed by atoms with van der Waals surface area (Å²) >= 11 is 1.44. The summed E-state index contributed by atoms with van der Waals surface area (Å²) in [6.07, 6.45) is 1.85. The van der Waals surface area contributed by atoms with Crippen LogP contribution in [0.1, 0.15) is 18.1 Å². The first-order chi connectivity index (χ1) is 15.8. The van der Waals surface area contributed by atoms with E-state index >= 15 is 0 Å². The van der Waals surface area contributed by atoms with Crippen molar-refractivity contribution < 1.29 is 4.79 Å². The van der Waals surface area contributed by atoms with Crippen LogP contribution in [0.4, 0.5) is 11.4 Å². The molecule has 0 bridgehead atoms. The lowest BCUT2D eigenvalue weighted by Gasteiger charge is -2.24. The van der Waals surface area contributed by atoms with Crippen molar-refractivity contribution in [1.29, 1.82) is 0 Å². The number of para-hydroxylation sites is 2. The van der Waals surface area contributed by atoms with Crippen LogP contribution in [0.25, 0.3) is 11.4 Å². The molecule has 0 fully saturated rings. The van der Waals surface area contributed by atoms with E-state index in [2.05, 4.69) is 33.8 Å². The highest BCUT2D eigenvalue weighted by molar-refractivity contribution is 7.99. The molecule has 1 amide bonds. The normalized spacial score (nSPS) is 12.7. The second kappa shape index (κ2) is 9.01. The third-order valence-corrected chi connectivity index (χ3v) is 6.72. The largest absolute Gasteiger partial charge is 0.302 e. The highest BCUT2D eigenvalue weighted by atomic mass is 32.2. The first-order valence-electron chi connectivity index (χ1n) is 10.9. The van der Waals surface area contributed by atoms with Gasteiger partial charge in [0.05, 0.1) is 17.1 Å². The molecule has 0 N–H and O–H groups in total. The molecule has 0 radical (unpaired) electrons. The van der Waals surface area contributed by atoms with Crippen LogP contribution in [0.15, 0.2) is 84.0 Å². The third kappa shape index (κ3) is 3.82. The second-order valence-electron chi connectivity index (χ2n) is 7.69. The van der Waals surface area contributed by atoms with E-state index in [0.717, 1.165) is 47.3 Å². The molecule has 0 saturated heterocycles. The van der Waals surface area contributed by atoms with Crippen molar-refractivity contribution in [3.05, 3.63) is 90.0 Å². The Hall–Kier alpha value is -3.38. The molecular weight excluding hydrogens is 416 g/mol. The molecule has 0 atom stereocenters. The molecule has 5 nitrogen and oxygen atoms in total. The van der Waals surface area contributed by atoms with Crippen LogP contribution in [0.5, 0.6) is 0 Å². The fourth-order valence-electron chi connectivity index (χ4n) is 4.22. The molecule has 0 aliphatic carbocycles. The predicted octanol–water partition coefficient (Wildman–Crippen LogP) is 5.52. The highest BCUT2D eigenvalue weighted by Gasteiger charge is 2.26. The lowest BCUT2D eigenvalue weighted by molar-refractivity contribution is -0.115. The Balaban J connectivity index is 1.44. The molecule has 1 aliphatic rings. The molecule has 4 aromatic rings. The van der Waals surface area contributed by atoms with Crippen molar-refractivity contribution in [3.8, 4) is 11.4 Å². The zero-order valence-corrected chi connectivity index (χ0v) is 18.8. The molecule has 6 heteroatoms. The Bertz CT molecular complexity index is 1200. The number of amides is 1. The molecule has 160 valence electrons. The van der Waals surface area contributed by atoms with Crippen LogP contribution < -0.4 is 4.90 Å². The van der Waals surface area contributed by atoms with Gasteiger partial charge in [-0.05, 0) is 43.0 Å². The van der Waals surface area contributed by atoms with Crippen LogP contribution in [-0.2, 0) is 24.2 Å². The topological polar surface area (TPSA) is 51.0 Å². The number of hydrogen-bond acceptors (Lipinski definition) is 4. The third-order valence-electron chi connectivity index (χ3n) is 5.77. The summed E-state index contributed by atoms with van der Waals surface area (Å²) in [5, 5.41) is 9.55. The maximum Gasteiger partial charge on any atom is 0.242 e. The molecule has 0 spiro atoms. The SMILES string of the molecule is CCn1c(SCC(=O)N2c3ccccc3CCc3ccccc32)nnc1-c1ccccc1. The standard InChI is InChI=1S/C26H24N4OS/c1-2-29-25(21-12-4-3-5-13-21)27-28-26(29)32-18-24(31)30-22-14-8-6-10-19(22)16-17-20-11-7-9-15-23(20)30/h3-15H,2,16-18H2,1H3. The van der Waals surface area contributed by atoms with Crippen LogP contribution in [0.2, 0.25) is 0 Å². The number of aryl methyl sites for hydroxylation is 2. The molecule has 3 aromatic carbocycles. The summed E-state index contributed by atoms with van der Waals surface area (Å²) < 4.78 is 2.07. The van der Waals surface area contributed by atoms with E-state index in [1.807, 2.05) is 71.6 Å². The lowest BCUT2D eigenvalue weighted by Crippen LogP contribution is -2.28. The summed E-state index contributed by atoms with van der Waals surface area (Å²) in [5.41, 5.74) is 5.38. The van der Waals surface area contributed by atoms with E-state index < -0.39 is 0 Å². The van der Waals surface area contributed by atoms with E-state index in [-0.39, 0.29) is 11.7 Å². The second-order valence-corrected chi connectivity index (χ2v) is 8.63. The van der Waals surface area contributed by atoms with Gasteiger partial charge in [0, 0.05) is 12.1 Å². The Kier molecular flexibility index (Phi) is 5.77. The van der Waals surface area contributed by atoms with Crippen molar-refractivity contribution in [2.45, 2.75) is 31.5 Å². The average Bonchev–Trinajstić information content (AvgIpc) is 3.18. The van der Waals surface area contributed by atoms with Gasteiger partial charge in [0.15, 0.2) is 11.0 Å². The minimum Gasteiger partial charge on any atom is -0.302 e. The smallest absolute Gasteiger partial charge is 0.242 e. The first-order valence-corrected chi connectivity index (χ1v) is 11.8. The van der Waals surface area contributed by atoms with E-state index in [1.165, 1.54) is 22.9 Å². The Labute approximate surface area is 192 Å². The summed E-state index contributed by atoms with van der Waals surface area (Å²) in [6.45, 7) is 2.81. The summed E-state index contributed by atoms with van der Waals surface area (Å²) in [7, 11) is 0. The van der Waals surface area contributed by atoms with E-state index in [4.69, 9.17) is 0 Å². The molecule has 0 saturated carbocycles. The Morgan fingerprint density at radius 2 is 1.44 bits per heavy atom. The van der Waals surface area contributed by atoms with Gasteiger partial charge in [-0.2, -0.15) is 0 Å². The van der Waals surface area contributed by atoms with Gasteiger partial charge < -0.3 is 4.57 Å². The fraction of sp³-hybridized carbons (Fsp3) is 0.192. The minimum absolute atomic E-state index is 0.0451. The van der Waals surface area contributed by atoms with Gasteiger partial charge in [-0.3, -0.25) is 9.69 Å². The monoisotopic (exact) mass is 440 g/mol. The first kappa shape index (κ1) is 20.5. The maximum atomic E-state index is 13.6. The number of fused-ring (bicyclic) bond motifs is 2. The van der Waals surface area contributed by atoms with Crippen molar-refractivity contribution in [2.75, 3.05) is 10.7 Å². The van der Waals surface area contributed by atoms with Gasteiger partial charge in [-0.1, -0.05) is 78.5 Å². The molecule has 1 aromatic heterocycles. The number of carbonyl (C=O) groups excluding carboxylic acids is 1. The molecule has 1 aliphatic heterocycles. The van der Waals surface area contributed by atoms with Crippen LogP contribution in [0, 0.1) is 0 Å². The van der Waals surface area contributed by atoms with Gasteiger partial charge in [0.1, 0.15) is 0 Å². The van der Waals surface area contributed by atoms with E-state index in [9.17, 15) is 4.79 Å². The number of hydrogen-bond donors (Lipinski definition) is 0. The number of benzene rings is 3. The van der Waals surface area contributed by atoms with Gasteiger partial charge >= 0.3 is 0 Å². The van der Waals surface area contributed by atoms with Crippen LogP contribution in [-0.4, -0.2) is 26.4 Å². The quantitative estimate of drug-likeness (QED) is 0.384. The van der Waals surface area contributed by atoms with Crippen molar-refractivity contribution in [3.63, 3.8) is 0 Å². The van der Waals surface area contributed by atoms with Crippen molar-refractivity contribution in [1.82, 2.24) is 14.8 Å². The maximum absolute atomic E-state index is 13.6. The van der Waals surface area contributed by atoms with Gasteiger partial charge in [0.2, 0.25) is 5.91 Å². The number of thioether (sulfide) groups is 1. The number of rotatable bonds is 5. The molecule has 32 heavy (non-hydrogen) atoms. The van der Waals surface area contributed by atoms with Gasteiger partial charge in [-0.15, -0.1) is 10.2 Å². The lowest BCUT2D eigenvalue weighted by atomic mass is 10.0. The average molecular weight is 441 g/mol. The van der Waals surface area contributed by atoms with E-state index in [0.29, 0.717) is 0 Å². The number of nitrogens with zero attached hydrogens (tertiary/aromatic N) is 4. The zero-order chi connectivity index (χ0) is 21.9. The predicted molar refractivity (Wildman–Crippen MR) is 129 cm³/mol. The molecule has 5 rings (SSSR count). The number of carbonyl (C=O) groups is 1. The fourth-order valence-corrected chi connectivity index (χ4v) is 5.07. The van der Waals surface area contributed by atoms with Crippen LogP contribution in [0.3, 0.4) is 0 Å². The summed E-state index contributed by atoms with van der Waals surface area (Å²) in [6, 6.07) is 26.4. The Morgan fingerprint density at radius 1 is 0.844 bits per heavy atom.